The van der Waals surface area contributed by atoms with E-state index in [1.807, 2.05) is 0 Å². The van der Waals surface area contributed by atoms with Crippen LogP contribution in [-0.4, -0.2) is 13.8 Å². The summed E-state index contributed by atoms with van der Waals surface area (Å²) < 4.78 is 0. The molecule has 0 spiro atoms. The molecule has 0 aliphatic carbocycles. The number of aryl methyl sites for hydroxylation is 1. The van der Waals surface area contributed by atoms with E-state index >= 15 is 0 Å². The molecule has 0 saturated heterocycles. The van der Waals surface area contributed by atoms with E-state index in [0.29, 0.717) is 6.71 Å². The largest absolute Gasteiger partial charge is 0.349 e. The van der Waals surface area contributed by atoms with Gasteiger partial charge in [-0.3, -0.25) is 0 Å². The molecule has 0 N–H and O–H groups in total. The van der Waals surface area contributed by atoms with Gasteiger partial charge >= 0.3 is 0 Å². The highest BCUT2D eigenvalue weighted by molar-refractivity contribution is 6.85. The fourth-order valence-corrected chi connectivity index (χ4v) is 3.39. The number of hydrogen-bond acceptors (Lipinski definition) is 1. The van der Waals surface area contributed by atoms with Crippen molar-refractivity contribution in [2.75, 3.05) is 11.9 Å². The normalized spacial score (nSPS) is 13.0. The molecular weight excluding hydrogens is 325 g/mol. The van der Waals surface area contributed by atoms with E-state index < -0.39 is 0 Å². The molecule has 0 aromatic heterocycles. The van der Waals surface area contributed by atoms with Gasteiger partial charge in [0.1, 0.15) is 0 Å². The molecule has 2 heteroatoms. The molecule has 2 rings (SSSR count). The van der Waals surface area contributed by atoms with Crippen LogP contribution in [0.15, 0.2) is 72.5 Å². The first-order chi connectivity index (χ1) is 13.0. The van der Waals surface area contributed by atoms with Crippen molar-refractivity contribution in [1.29, 1.82) is 0 Å². The summed E-state index contributed by atoms with van der Waals surface area (Å²) in [6, 6.07) is 17.5. The Morgan fingerprint density at radius 3 is 2.37 bits per heavy atom. The highest BCUT2D eigenvalue weighted by Crippen LogP contribution is 2.16. The first kappa shape index (κ1) is 21.1. The molecule has 2 aromatic rings. The maximum atomic E-state index is 2.31. The zero-order valence-electron chi connectivity index (χ0n) is 17.9. The summed E-state index contributed by atoms with van der Waals surface area (Å²) in [7, 11) is 2.16. The molecule has 0 radical (unpaired) electrons. The lowest BCUT2D eigenvalue weighted by molar-refractivity contribution is 0.572. The lowest BCUT2D eigenvalue weighted by atomic mass is 9.41. The van der Waals surface area contributed by atoms with Crippen molar-refractivity contribution in [2.24, 2.45) is 5.92 Å². The summed E-state index contributed by atoms with van der Waals surface area (Å²) in [5.74, 6) is 0.753. The molecule has 0 heterocycles. The minimum Gasteiger partial charge on any atom is -0.349 e. The number of para-hydroxylation sites is 1. The van der Waals surface area contributed by atoms with E-state index in [0.717, 1.165) is 12.3 Å². The van der Waals surface area contributed by atoms with Crippen LogP contribution in [0.25, 0.3) is 0 Å². The summed E-state index contributed by atoms with van der Waals surface area (Å²) in [6.45, 7) is 11.6. The van der Waals surface area contributed by atoms with Gasteiger partial charge in [0.15, 0.2) is 0 Å². The van der Waals surface area contributed by atoms with Crippen LogP contribution in [0.1, 0.15) is 39.2 Å². The topological polar surface area (TPSA) is 3.24 Å². The molecule has 0 saturated carbocycles. The van der Waals surface area contributed by atoms with Gasteiger partial charge in [0, 0.05) is 18.4 Å². The molecule has 0 bridgehead atoms. The highest BCUT2D eigenvalue weighted by Gasteiger charge is 2.19. The van der Waals surface area contributed by atoms with E-state index in [4.69, 9.17) is 0 Å². The summed E-state index contributed by atoms with van der Waals surface area (Å²) in [5, 5.41) is 0. The summed E-state index contributed by atoms with van der Waals surface area (Å²) in [5.41, 5.74) is 6.64. The van der Waals surface area contributed by atoms with E-state index in [-0.39, 0.29) is 0 Å². The Kier molecular flexibility index (Phi) is 7.97. The quantitative estimate of drug-likeness (QED) is 0.440. The van der Waals surface area contributed by atoms with E-state index in [1.165, 1.54) is 34.3 Å². The third-order valence-corrected chi connectivity index (χ3v) is 5.66. The van der Waals surface area contributed by atoms with Crippen LogP contribution in [-0.2, 0) is 0 Å². The van der Waals surface area contributed by atoms with Crippen LogP contribution in [0.4, 0.5) is 5.69 Å². The lowest BCUT2D eigenvalue weighted by Gasteiger charge is -2.25. The second-order valence-electron chi connectivity index (χ2n) is 7.68. The van der Waals surface area contributed by atoms with Gasteiger partial charge in [-0.15, -0.1) is 0 Å². The Morgan fingerprint density at radius 1 is 1.07 bits per heavy atom. The smallest absolute Gasteiger partial charge is 0.209 e. The molecule has 27 heavy (non-hydrogen) atoms. The van der Waals surface area contributed by atoms with Gasteiger partial charge in [-0.05, 0) is 38.3 Å². The van der Waals surface area contributed by atoms with Crippen LogP contribution in [0, 0.1) is 12.8 Å². The number of rotatable bonds is 8. The Bertz CT molecular complexity index is 790. The van der Waals surface area contributed by atoms with Crippen molar-refractivity contribution in [3.8, 4) is 0 Å². The fourth-order valence-electron chi connectivity index (χ4n) is 3.39. The van der Waals surface area contributed by atoms with Crippen LogP contribution in [0.2, 0.25) is 6.82 Å². The van der Waals surface area contributed by atoms with Gasteiger partial charge in [0.25, 0.3) is 0 Å². The Hall–Kier alpha value is -2.22. The number of anilines is 1. The average molecular weight is 359 g/mol. The Labute approximate surface area is 166 Å². The second-order valence-corrected chi connectivity index (χ2v) is 7.68. The Morgan fingerprint density at radius 2 is 1.70 bits per heavy atom. The van der Waals surface area contributed by atoms with E-state index in [9.17, 15) is 0 Å². The summed E-state index contributed by atoms with van der Waals surface area (Å²) in [6.07, 6.45) is 9.08. The lowest BCUT2D eigenvalue weighted by Crippen LogP contribution is -2.43. The standard InChI is InChI=1S/C25H34BN/c1-7-20(2)14-8-10-16-22(4)27(6)25-19-13-12-18-24(25)26(5)23-17-11-9-15-21(23)3/h8-13,15-20H,7,14H2,1-6H3/b10-8-,22-16+. The maximum Gasteiger partial charge on any atom is 0.209 e. The van der Waals surface area contributed by atoms with Crippen molar-refractivity contribution in [3.05, 3.63) is 78.0 Å². The number of allylic oxidation sites excluding steroid dienone is 4. The Balaban J connectivity index is 2.25. The van der Waals surface area contributed by atoms with Gasteiger partial charge in [-0.1, -0.05) is 98.2 Å². The van der Waals surface area contributed by atoms with Crippen LogP contribution in [0.3, 0.4) is 0 Å². The zero-order chi connectivity index (χ0) is 19.8. The predicted molar refractivity (Wildman–Crippen MR) is 124 cm³/mol. The molecule has 0 aliphatic rings. The van der Waals surface area contributed by atoms with Gasteiger partial charge in [-0.2, -0.15) is 0 Å². The van der Waals surface area contributed by atoms with Crippen molar-refractivity contribution in [3.63, 3.8) is 0 Å². The van der Waals surface area contributed by atoms with Crippen LogP contribution < -0.4 is 15.8 Å². The number of benzene rings is 2. The van der Waals surface area contributed by atoms with Crippen LogP contribution >= 0.6 is 0 Å². The minimum absolute atomic E-state index is 0.360. The SMILES string of the molecule is CCC(C)C/C=C\C=C(/C)N(C)c1ccccc1B(C)c1ccccc1C. The molecule has 0 aliphatic heterocycles. The molecule has 0 fully saturated rings. The monoisotopic (exact) mass is 359 g/mol. The number of nitrogens with zero attached hydrogens (tertiary/aromatic N) is 1. The summed E-state index contributed by atoms with van der Waals surface area (Å²) in [4.78, 5) is 2.30. The zero-order valence-corrected chi connectivity index (χ0v) is 17.9. The van der Waals surface area contributed by atoms with Gasteiger partial charge < -0.3 is 4.90 Å². The maximum absolute atomic E-state index is 2.31. The third-order valence-electron chi connectivity index (χ3n) is 5.66. The molecule has 2 aromatic carbocycles. The van der Waals surface area contributed by atoms with E-state index in [1.54, 1.807) is 0 Å². The molecule has 1 nitrogen and oxygen atoms in total. The molecule has 1 atom stereocenters. The van der Waals surface area contributed by atoms with E-state index in [2.05, 4.69) is 113 Å². The number of hydrogen-bond donors (Lipinski definition) is 0. The third kappa shape index (κ3) is 5.63. The minimum atomic E-state index is 0.360. The molecule has 142 valence electrons. The van der Waals surface area contributed by atoms with Crippen molar-refractivity contribution >= 4 is 23.3 Å². The molecule has 1 unspecified atom stereocenters. The molecular formula is C25H34BN. The van der Waals surface area contributed by atoms with Crippen LogP contribution in [0.5, 0.6) is 0 Å². The highest BCUT2D eigenvalue weighted by atomic mass is 15.1. The first-order valence-electron chi connectivity index (χ1n) is 10.2. The van der Waals surface area contributed by atoms with Crippen molar-refractivity contribution in [2.45, 2.75) is 47.4 Å². The predicted octanol–water partition coefficient (Wildman–Crippen LogP) is 5.57. The average Bonchev–Trinajstić information content (AvgIpc) is 2.70. The van der Waals surface area contributed by atoms with Crippen molar-refractivity contribution < 1.29 is 0 Å². The second kappa shape index (κ2) is 10.2. The first-order valence-corrected chi connectivity index (χ1v) is 10.2. The van der Waals surface area contributed by atoms with Gasteiger partial charge in [0.2, 0.25) is 6.71 Å². The fraction of sp³-hybridized carbons (Fsp3) is 0.360. The van der Waals surface area contributed by atoms with Gasteiger partial charge in [-0.25, -0.2) is 0 Å². The summed E-state index contributed by atoms with van der Waals surface area (Å²) >= 11 is 0. The molecule has 0 amide bonds. The van der Waals surface area contributed by atoms with Gasteiger partial charge in [0.05, 0.1) is 0 Å². The van der Waals surface area contributed by atoms with Crippen molar-refractivity contribution in [1.82, 2.24) is 0 Å².